The summed E-state index contributed by atoms with van der Waals surface area (Å²) in [6, 6.07) is -0.489. The molecule has 0 saturated heterocycles. The molecule has 3 N–H and O–H groups in total. The summed E-state index contributed by atoms with van der Waals surface area (Å²) >= 11 is 4.61. The maximum atomic E-state index is 13.9. The van der Waals surface area contributed by atoms with Crippen LogP contribution in [-0.4, -0.2) is 50.1 Å². The van der Waals surface area contributed by atoms with Crippen LogP contribution >= 0.6 is 39.7 Å². The number of esters is 1. The van der Waals surface area contributed by atoms with Crippen molar-refractivity contribution in [3.05, 3.63) is 14.2 Å². The number of nitrogens with two attached hydrogens (primary N) is 1. The topological polar surface area (TPSA) is 75.8 Å². The molecule has 0 unspecified atom stereocenters. The molecule has 2 rings (SSSR count). The Labute approximate surface area is 140 Å². The fraction of sp³-hybridized carbons (Fsp3) is 0.583. The lowest BCUT2D eigenvalue weighted by Crippen LogP contribution is -2.45. The van der Waals surface area contributed by atoms with Crippen molar-refractivity contribution in [2.24, 2.45) is 5.73 Å². The zero-order chi connectivity index (χ0) is 14.9. The van der Waals surface area contributed by atoms with Crippen molar-refractivity contribution in [3.63, 3.8) is 0 Å². The summed E-state index contributed by atoms with van der Waals surface area (Å²) in [6.07, 6.45) is -0.765. The molecule has 9 heteroatoms. The lowest BCUT2D eigenvalue weighted by atomic mass is 10.0. The van der Waals surface area contributed by atoms with Gasteiger partial charge in [-0.3, -0.25) is 0 Å². The van der Waals surface area contributed by atoms with E-state index in [-0.39, 0.29) is 38.5 Å². The molecule has 0 saturated carbocycles. The van der Waals surface area contributed by atoms with Crippen LogP contribution in [0.5, 0.6) is 0 Å². The van der Waals surface area contributed by atoms with Crippen LogP contribution in [0.25, 0.3) is 0 Å². The maximum absolute atomic E-state index is 13.9. The number of ether oxygens (including phenoxy) is 1. The number of anilines is 1. The van der Waals surface area contributed by atoms with E-state index in [1.165, 1.54) is 18.4 Å². The molecule has 2 heterocycles. The zero-order valence-electron chi connectivity index (χ0n) is 11.3. The summed E-state index contributed by atoms with van der Waals surface area (Å²) in [5, 5.41) is 9.07. The average Bonchev–Trinajstić information content (AvgIpc) is 2.75. The van der Waals surface area contributed by atoms with Gasteiger partial charge in [-0.05, 0) is 15.9 Å². The third-order valence-corrected chi connectivity index (χ3v) is 5.10. The van der Waals surface area contributed by atoms with Crippen molar-refractivity contribution >= 4 is 51.3 Å². The second kappa shape index (κ2) is 7.73. The Kier molecular flexibility index (Phi) is 6.86. The molecule has 5 nitrogen and oxygen atoms in total. The summed E-state index contributed by atoms with van der Waals surface area (Å²) in [4.78, 5) is 14.0. The van der Waals surface area contributed by atoms with Crippen molar-refractivity contribution in [1.29, 1.82) is 0 Å². The normalized spacial score (nSPS) is 18.7. The maximum Gasteiger partial charge on any atom is 0.350 e. The fourth-order valence-electron chi connectivity index (χ4n) is 2.30. The Morgan fingerprint density at radius 2 is 2.38 bits per heavy atom. The number of aliphatic hydroxyl groups is 1. The van der Waals surface area contributed by atoms with Crippen LogP contribution < -0.4 is 10.6 Å². The number of carbonyl (C=O) groups excluding carboxylic acids is 1. The number of halogens is 3. The zero-order valence-corrected chi connectivity index (χ0v) is 14.6. The minimum atomic E-state index is -1.02. The molecule has 0 fully saturated rings. The highest BCUT2D eigenvalue weighted by molar-refractivity contribution is 9.11. The fourth-order valence-corrected chi connectivity index (χ4v) is 4.13. The first-order valence-corrected chi connectivity index (χ1v) is 7.73. The number of hydrogen-bond donors (Lipinski definition) is 2. The number of fused-ring (bicyclic) bond motifs is 1. The molecular weight excluding hydrogens is 387 g/mol. The first kappa shape index (κ1) is 18.6. The van der Waals surface area contributed by atoms with Gasteiger partial charge in [-0.15, -0.1) is 23.7 Å². The van der Waals surface area contributed by atoms with Gasteiger partial charge in [0.15, 0.2) is 0 Å². The molecule has 1 aliphatic heterocycles. The summed E-state index contributed by atoms with van der Waals surface area (Å²) in [5.41, 5.74) is 7.17. The average molecular weight is 404 g/mol. The molecule has 0 aromatic carbocycles. The number of aliphatic hydroxyl groups excluding tert-OH is 1. The number of hydrogen-bond acceptors (Lipinski definition) is 6. The number of methoxy groups -OCH3 is 1. The molecule has 0 aliphatic carbocycles. The predicted octanol–water partition coefficient (Wildman–Crippen LogP) is 1.74. The molecule has 1 aromatic rings. The molecule has 1 aliphatic rings. The molecule has 2 atom stereocenters. The van der Waals surface area contributed by atoms with Gasteiger partial charge in [-0.1, -0.05) is 0 Å². The highest BCUT2D eigenvalue weighted by Gasteiger charge is 2.33. The lowest BCUT2D eigenvalue weighted by Gasteiger charge is -2.33. The second-order valence-electron chi connectivity index (χ2n) is 4.67. The molecule has 120 valence electrons. The molecule has 21 heavy (non-hydrogen) atoms. The summed E-state index contributed by atoms with van der Waals surface area (Å²) in [7, 11) is 1.31. The highest BCUT2D eigenvalue weighted by Crippen LogP contribution is 2.43. The van der Waals surface area contributed by atoms with Crippen LogP contribution in [0.3, 0.4) is 0 Å². The van der Waals surface area contributed by atoms with Crippen molar-refractivity contribution in [2.75, 3.05) is 31.7 Å². The van der Waals surface area contributed by atoms with E-state index in [2.05, 4.69) is 15.9 Å². The molecule has 0 bridgehead atoms. The van der Waals surface area contributed by atoms with Crippen molar-refractivity contribution in [1.82, 2.24) is 0 Å². The van der Waals surface area contributed by atoms with E-state index in [1.54, 1.807) is 4.90 Å². The predicted molar refractivity (Wildman–Crippen MR) is 86.5 cm³/mol. The van der Waals surface area contributed by atoms with E-state index in [9.17, 15) is 9.18 Å². The summed E-state index contributed by atoms with van der Waals surface area (Å²) in [5.74, 6) is -0.447. The van der Waals surface area contributed by atoms with Crippen LogP contribution in [-0.2, 0) is 11.2 Å². The van der Waals surface area contributed by atoms with Gasteiger partial charge in [-0.2, -0.15) is 0 Å². The van der Waals surface area contributed by atoms with E-state index in [0.29, 0.717) is 10.6 Å². The third-order valence-electron chi connectivity index (χ3n) is 3.15. The summed E-state index contributed by atoms with van der Waals surface area (Å²) in [6.45, 7) is 0.257. The van der Waals surface area contributed by atoms with Crippen LogP contribution in [0.15, 0.2) is 3.79 Å². The van der Waals surface area contributed by atoms with E-state index in [1.807, 2.05) is 0 Å². The van der Waals surface area contributed by atoms with Crippen molar-refractivity contribution < 1.29 is 19.0 Å². The Hall–Kier alpha value is -0.410. The Balaban J connectivity index is 0.00000220. The highest BCUT2D eigenvalue weighted by atomic mass is 79.9. The number of alkyl halides is 1. The number of nitrogens with zero attached hydrogens (tertiary/aromatic N) is 1. The van der Waals surface area contributed by atoms with E-state index in [0.717, 1.165) is 9.35 Å². The monoisotopic (exact) mass is 402 g/mol. The van der Waals surface area contributed by atoms with Crippen molar-refractivity contribution in [2.45, 2.75) is 18.6 Å². The number of rotatable bonds is 4. The smallest absolute Gasteiger partial charge is 0.350 e. The van der Waals surface area contributed by atoms with Gasteiger partial charge in [0.25, 0.3) is 0 Å². The minimum Gasteiger partial charge on any atom is -0.465 e. The van der Waals surface area contributed by atoms with Crippen LogP contribution in [0, 0.1) is 0 Å². The van der Waals surface area contributed by atoms with Gasteiger partial charge in [0.1, 0.15) is 11.0 Å². The number of thiophene rings is 1. The molecule has 0 radical (unpaired) electrons. The standard InChI is InChI=1S/C12H16BrFN2O3S.ClH/c1-19-12(18)10-9-8(11(13)20-10)2-6(14)3-16(9)4-7(15)5-17;/h6-7,17H,2-5,15H2,1H3;1H/t6-,7+;/m0./s1. The first-order chi connectivity index (χ1) is 9.47. The van der Waals surface area contributed by atoms with Gasteiger partial charge < -0.3 is 20.5 Å². The van der Waals surface area contributed by atoms with Crippen LogP contribution in [0.4, 0.5) is 10.1 Å². The van der Waals surface area contributed by atoms with Crippen LogP contribution in [0.1, 0.15) is 15.2 Å². The number of carbonyl (C=O) groups is 1. The van der Waals surface area contributed by atoms with E-state index >= 15 is 0 Å². The Morgan fingerprint density at radius 1 is 1.71 bits per heavy atom. The van der Waals surface area contributed by atoms with E-state index in [4.69, 9.17) is 15.6 Å². The molecular formula is C12H17BrClFN2O3S. The Morgan fingerprint density at radius 3 is 2.95 bits per heavy atom. The Bertz CT molecular complexity index is 517. The quantitative estimate of drug-likeness (QED) is 0.749. The van der Waals surface area contributed by atoms with Crippen LogP contribution in [0.2, 0.25) is 0 Å². The molecule has 1 aromatic heterocycles. The van der Waals surface area contributed by atoms with Gasteiger partial charge in [0.2, 0.25) is 0 Å². The molecule has 0 spiro atoms. The van der Waals surface area contributed by atoms with Gasteiger partial charge in [0, 0.05) is 31.1 Å². The van der Waals surface area contributed by atoms with Gasteiger partial charge in [0.05, 0.1) is 23.2 Å². The second-order valence-corrected chi connectivity index (χ2v) is 7.01. The van der Waals surface area contributed by atoms with E-state index < -0.39 is 18.2 Å². The minimum absolute atomic E-state index is 0. The lowest BCUT2D eigenvalue weighted by molar-refractivity contribution is 0.0606. The first-order valence-electron chi connectivity index (χ1n) is 6.12. The third kappa shape index (κ3) is 3.87. The van der Waals surface area contributed by atoms with Gasteiger partial charge >= 0.3 is 5.97 Å². The van der Waals surface area contributed by atoms with Crippen molar-refractivity contribution in [3.8, 4) is 0 Å². The SMILES string of the molecule is COC(=O)c1sc(Br)c2c1N(C[C@@H](N)CO)C[C@@H](F)C2.Cl. The van der Waals surface area contributed by atoms with Gasteiger partial charge in [-0.25, -0.2) is 9.18 Å². The molecule has 0 amide bonds. The summed E-state index contributed by atoms with van der Waals surface area (Å²) < 4.78 is 19.4. The largest absolute Gasteiger partial charge is 0.465 e.